The Kier molecular flexibility index (Phi) is 1.67. The van der Waals surface area contributed by atoms with Crippen LogP contribution in [0.2, 0.25) is 5.02 Å². The minimum Gasteiger partial charge on any atom is -0.388 e. The van der Waals surface area contributed by atoms with Crippen molar-refractivity contribution in [2.45, 2.75) is 6.61 Å². The summed E-state index contributed by atoms with van der Waals surface area (Å²) in [6.07, 6.45) is 3.06. The van der Waals surface area contributed by atoms with Gasteiger partial charge in [-0.15, -0.1) is 5.10 Å². The first-order valence-electron chi connectivity index (χ1n) is 3.27. The number of aromatic nitrogens is 4. The molecule has 0 unspecified atom stereocenters. The number of aliphatic hydroxyl groups is 1. The van der Waals surface area contributed by atoms with Crippen molar-refractivity contribution in [3.8, 4) is 0 Å². The molecule has 5 nitrogen and oxygen atoms in total. The Morgan fingerprint density at radius 2 is 2.42 bits per heavy atom. The predicted molar refractivity (Wildman–Crippen MR) is 41.7 cm³/mol. The summed E-state index contributed by atoms with van der Waals surface area (Å²) < 4.78 is 1.42. The molecule has 2 aromatic rings. The van der Waals surface area contributed by atoms with E-state index in [0.29, 0.717) is 16.6 Å². The van der Waals surface area contributed by atoms with Crippen LogP contribution < -0.4 is 0 Å². The van der Waals surface area contributed by atoms with Gasteiger partial charge in [0.25, 0.3) is 5.78 Å². The highest BCUT2D eigenvalue weighted by Crippen LogP contribution is 2.06. The number of hydrogen-bond donors (Lipinski definition) is 1. The highest BCUT2D eigenvalue weighted by molar-refractivity contribution is 6.30. The molecule has 0 saturated carbocycles. The third kappa shape index (κ3) is 1.13. The average Bonchev–Trinajstić information content (AvgIpc) is 2.46. The summed E-state index contributed by atoms with van der Waals surface area (Å²) in [5, 5.41) is 13.1. The molecule has 0 aliphatic carbocycles. The molecule has 0 radical (unpaired) electrons. The van der Waals surface area contributed by atoms with Crippen molar-refractivity contribution in [2.75, 3.05) is 0 Å². The molecule has 2 aromatic heterocycles. The topological polar surface area (TPSA) is 63.3 Å². The molecule has 0 aromatic carbocycles. The molecule has 12 heavy (non-hydrogen) atoms. The van der Waals surface area contributed by atoms with E-state index in [9.17, 15) is 0 Å². The van der Waals surface area contributed by atoms with Crippen LogP contribution >= 0.6 is 11.6 Å². The van der Waals surface area contributed by atoms with Gasteiger partial charge in [-0.05, 0) is 0 Å². The van der Waals surface area contributed by atoms with E-state index in [1.165, 1.54) is 10.7 Å². The van der Waals surface area contributed by atoms with Gasteiger partial charge in [0.15, 0.2) is 5.82 Å². The largest absolute Gasteiger partial charge is 0.388 e. The molecular weight excluding hydrogens is 180 g/mol. The number of fused-ring (bicyclic) bond motifs is 1. The van der Waals surface area contributed by atoms with Gasteiger partial charge in [0.1, 0.15) is 6.61 Å². The predicted octanol–water partition coefficient (Wildman–Crippen LogP) is 0.270. The molecule has 0 amide bonds. The maximum Gasteiger partial charge on any atom is 0.252 e. The van der Waals surface area contributed by atoms with Gasteiger partial charge in [0.2, 0.25) is 0 Å². The zero-order valence-corrected chi connectivity index (χ0v) is 6.73. The van der Waals surface area contributed by atoms with Gasteiger partial charge in [-0.25, -0.2) is 9.50 Å². The number of rotatable bonds is 1. The SMILES string of the molecule is OCc1nc2ncc(Cl)cn2n1. The summed E-state index contributed by atoms with van der Waals surface area (Å²) in [7, 11) is 0. The van der Waals surface area contributed by atoms with Crippen LogP contribution in [0.5, 0.6) is 0 Å². The third-order valence-electron chi connectivity index (χ3n) is 1.35. The maximum atomic E-state index is 8.71. The fourth-order valence-electron chi connectivity index (χ4n) is 0.869. The number of halogens is 1. The molecule has 0 aliphatic heterocycles. The minimum atomic E-state index is -0.193. The smallest absolute Gasteiger partial charge is 0.252 e. The summed E-state index contributed by atoms with van der Waals surface area (Å²) >= 11 is 5.66. The Labute approximate surface area is 72.6 Å². The van der Waals surface area contributed by atoms with Crippen molar-refractivity contribution in [1.82, 2.24) is 19.6 Å². The van der Waals surface area contributed by atoms with Gasteiger partial charge in [0.05, 0.1) is 17.4 Å². The van der Waals surface area contributed by atoms with Crippen LogP contribution in [0.25, 0.3) is 5.78 Å². The number of nitrogens with zero attached hydrogens (tertiary/aromatic N) is 4. The zero-order chi connectivity index (χ0) is 8.55. The van der Waals surface area contributed by atoms with Crippen LogP contribution in [-0.2, 0) is 6.61 Å². The van der Waals surface area contributed by atoms with Gasteiger partial charge < -0.3 is 5.11 Å². The maximum absolute atomic E-state index is 8.71. The van der Waals surface area contributed by atoms with Gasteiger partial charge >= 0.3 is 0 Å². The normalized spacial score (nSPS) is 10.8. The lowest BCUT2D eigenvalue weighted by Gasteiger charge is -1.88. The fraction of sp³-hybridized carbons (Fsp3) is 0.167. The summed E-state index contributed by atoms with van der Waals surface area (Å²) in [5.74, 6) is 0.771. The third-order valence-corrected chi connectivity index (χ3v) is 1.54. The molecule has 2 rings (SSSR count). The van der Waals surface area contributed by atoms with Crippen molar-refractivity contribution in [3.63, 3.8) is 0 Å². The first-order valence-corrected chi connectivity index (χ1v) is 3.65. The van der Waals surface area contributed by atoms with E-state index in [0.717, 1.165) is 0 Å². The van der Waals surface area contributed by atoms with Crippen LogP contribution in [-0.4, -0.2) is 24.7 Å². The molecule has 0 spiro atoms. The standard InChI is InChI=1S/C6H5ClN4O/c7-4-1-8-6-9-5(3-12)10-11(6)2-4/h1-2,12H,3H2. The lowest BCUT2D eigenvalue weighted by atomic mass is 10.7. The van der Waals surface area contributed by atoms with Gasteiger partial charge in [-0.1, -0.05) is 11.6 Å². The molecule has 1 N–H and O–H groups in total. The van der Waals surface area contributed by atoms with Gasteiger partial charge in [-0.2, -0.15) is 4.98 Å². The van der Waals surface area contributed by atoms with Gasteiger partial charge in [0, 0.05) is 0 Å². The number of aliphatic hydroxyl groups excluding tert-OH is 1. The first-order chi connectivity index (χ1) is 5.79. The van der Waals surface area contributed by atoms with Crippen molar-refractivity contribution in [3.05, 3.63) is 23.2 Å². The van der Waals surface area contributed by atoms with E-state index < -0.39 is 0 Å². The molecular formula is C6H5ClN4O. The highest BCUT2D eigenvalue weighted by atomic mass is 35.5. The van der Waals surface area contributed by atoms with Crippen LogP contribution in [0, 0.1) is 0 Å². The molecule has 0 bridgehead atoms. The first kappa shape index (κ1) is 7.45. The van der Waals surface area contributed by atoms with Crippen LogP contribution in [0.1, 0.15) is 5.82 Å². The van der Waals surface area contributed by atoms with E-state index in [2.05, 4.69) is 15.1 Å². The summed E-state index contributed by atoms with van der Waals surface area (Å²) in [6, 6.07) is 0. The molecule has 6 heteroatoms. The Morgan fingerprint density at radius 3 is 3.17 bits per heavy atom. The number of hydrogen-bond acceptors (Lipinski definition) is 4. The second kappa shape index (κ2) is 2.69. The Morgan fingerprint density at radius 1 is 1.58 bits per heavy atom. The van der Waals surface area contributed by atoms with E-state index >= 15 is 0 Å². The lowest BCUT2D eigenvalue weighted by Crippen LogP contribution is -1.89. The molecule has 62 valence electrons. The Bertz CT molecular complexity index is 413. The highest BCUT2D eigenvalue weighted by Gasteiger charge is 2.02. The Hall–Kier alpha value is -1.20. The second-order valence-electron chi connectivity index (χ2n) is 2.20. The second-order valence-corrected chi connectivity index (χ2v) is 2.64. The molecule has 0 atom stereocenters. The van der Waals surface area contributed by atoms with E-state index in [4.69, 9.17) is 16.7 Å². The molecule has 0 fully saturated rings. The quantitative estimate of drug-likeness (QED) is 0.691. The monoisotopic (exact) mass is 184 g/mol. The van der Waals surface area contributed by atoms with E-state index in [1.54, 1.807) is 6.20 Å². The lowest BCUT2D eigenvalue weighted by molar-refractivity contribution is 0.271. The molecule has 0 saturated heterocycles. The van der Waals surface area contributed by atoms with Crippen LogP contribution in [0.15, 0.2) is 12.4 Å². The zero-order valence-electron chi connectivity index (χ0n) is 5.98. The van der Waals surface area contributed by atoms with Crippen LogP contribution in [0.4, 0.5) is 0 Å². The molecule has 2 heterocycles. The summed E-state index contributed by atoms with van der Waals surface area (Å²) in [5.41, 5.74) is 0. The molecule has 0 aliphatic rings. The summed E-state index contributed by atoms with van der Waals surface area (Å²) in [4.78, 5) is 7.80. The van der Waals surface area contributed by atoms with Crippen molar-refractivity contribution in [2.24, 2.45) is 0 Å². The van der Waals surface area contributed by atoms with Gasteiger partial charge in [-0.3, -0.25) is 0 Å². The average molecular weight is 185 g/mol. The van der Waals surface area contributed by atoms with Crippen LogP contribution in [0.3, 0.4) is 0 Å². The van der Waals surface area contributed by atoms with E-state index in [1.807, 2.05) is 0 Å². The summed E-state index contributed by atoms with van der Waals surface area (Å²) in [6.45, 7) is -0.193. The Balaban J connectivity index is 2.67. The van der Waals surface area contributed by atoms with E-state index in [-0.39, 0.29) is 6.61 Å². The van der Waals surface area contributed by atoms with Crippen molar-refractivity contribution >= 4 is 17.4 Å². The fourth-order valence-corrected chi connectivity index (χ4v) is 1.01. The minimum absolute atomic E-state index is 0.193. The van der Waals surface area contributed by atoms with Crippen molar-refractivity contribution < 1.29 is 5.11 Å². The van der Waals surface area contributed by atoms with Crippen molar-refractivity contribution in [1.29, 1.82) is 0 Å².